The zero-order valence-electron chi connectivity index (χ0n) is 38.3. The normalized spacial score (nSPS) is 21.8. The molecule has 0 unspecified atom stereocenters. The van der Waals surface area contributed by atoms with E-state index >= 15 is 4.79 Å². The van der Waals surface area contributed by atoms with E-state index in [4.69, 9.17) is 19.4 Å². The molecule has 0 spiro atoms. The van der Waals surface area contributed by atoms with Gasteiger partial charge in [0, 0.05) is 91.8 Å². The van der Waals surface area contributed by atoms with Gasteiger partial charge in [-0.1, -0.05) is 33.8 Å². The summed E-state index contributed by atoms with van der Waals surface area (Å²) in [4.78, 5) is 70.4. The Labute approximate surface area is 379 Å². The molecule has 340 valence electrons. The third-order valence-electron chi connectivity index (χ3n) is 13.3. The van der Waals surface area contributed by atoms with Gasteiger partial charge in [-0.05, 0) is 81.7 Å². The first-order chi connectivity index (χ1) is 30.6. The molecule has 1 aliphatic carbocycles. The van der Waals surface area contributed by atoms with Crippen LogP contribution in [0.2, 0.25) is 0 Å². The number of rotatable bonds is 9. The van der Waals surface area contributed by atoms with Crippen LogP contribution in [-0.2, 0) is 43.2 Å². The molecule has 15 nitrogen and oxygen atoms in total. The molecule has 3 aliphatic heterocycles. The highest BCUT2D eigenvalue weighted by atomic mass is 32.1. The Kier molecular flexibility index (Phi) is 12.9. The topological polar surface area (TPSA) is 166 Å². The van der Waals surface area contributed by atoms with Crippen molar-refractivity contribution in [1.29, 1.82) is 5.26 Å². The van der Waals surface area contributed by atoms with E-state index in [-0.39, 0.29) is 54.9 Å². The quantitative estimate of drug-likeness (QED) is 0.181. The Morgan fingerprint density at radius 1 is 1.14 bits per heavy atom. The number of amides is 4. The summed E-state index contributed by atoms with van der Waals surface area (Å²) in [5, 5.41) is 19.7. The molecule has 8 rings (SSSR count). The number of fused-ring (bicyclic) bond motifs is 6. The van der Waals surface area contributed by atoms with E-state index in [1.54, 1.807) is 30.3 Å². The predicted molar refractivity (Wildman–Crippen MR) is 244 cm³/mol. The van der Waals surface area contributed by atoms with Gasteiger partial charge in [0.05, 0.1) is 46.8 Å². The van der Waals surface area contributed by atoms with Gasteiger partial charge < -0.3 is 29.2 Å². The number of likely N-dealkylation sites (N-methyl/N-ethyl adjacent to an activating group) is 1. The van der Waals surface area contributed by atoms with Crippen molar-refractivity contribution in [3.8, 4) is 28.6 Å². The fraction of sp³-hybridized carbons (Fsp3) is 0.562. The van der Waals surface area contributed by atoms with Gasteiger partial charge in [0.2, 0.25) is 5.91 Å². The van der Waals surface area contributed by atoms with Crippen LogP contribution in [0.15, 0.2) is 41.9 Å². The van der Waals surface area contributed by atoms with Crippen LogP contribution in [0.5, 0.6) is 0 Å². The van der Waals surface area contributed by atoms with Crippen LogP contribution in [-0.4, -0.2) is 123 Å². The van der Waals surface area contributed by atoms with Crippen LogP contribution in [0.4, 0.5) is 4.79 Å². The second-order valence-electron chi connectivity index (χ2n) is 19.0. The number of esters is 1. The number of pyridine rings is 1. The van der Waals surface area contributed by atoms with E-state index in [0.717, 1.165) is 57.5 Å². The zero-order chi connectivity index (χ0) is 45.6. The standard InChI is InChI=1S/C48H61N9O6S/c1-9-55-38-17-14-31-20-34(38)35(43(55)33-12-10-18-50-41(33)29(4)62-8)22-48(5,6)27-63-46(60)39-13-11-19-56(57(39)32-15-16-32)45(59)36(21-40-51-37(31)26-64-40)52-44(58)42(28(2)3)53(7)47(61)54-24-30(23-49)25-54/h10,12,14,17-18,20,26,28-30,32,36,39,42H,9,11,13,15-16,19,21-22,24-25,27H2,1-8H3,(H,52,58)/t29-,36-,39-,42-/m0/s1. The summed E-state index contributed by atoms with van der Waals surface area (Å²) < 4.78 is 14.5. The highest BCUT2D eigenvalue weighted by molar-refractivity contribution is 7.10. The summed E-state index contributed by atoms with van der Waals surface area (Å²) in [7, 11) is 3.29. The number of methoxy groups -OCH3 is 1. The molecule has 1 aromatic carbocycles. The number of hydrogen-bond acceptors (Lipinski definition) is 11. The lowest BCUT2D eigenvalue weighted by molar-refractivity contribution is -0.180. The summed E-state index contributed by atoms with van der Waals surface area (Å²) >= 11 is 1.43. The largest absolute Gasteiger partial charge is 0.464 e. The Morgan fingerprint density at radius 2 is 1.91 bits per heavy atom. The minimum atomic E-state index is -1.05. The van der Waals surface area contributed by atoms with E-state index in [1.807, 2.05) is 37.2 Å². The number of likely N-dealkylation sites (tertiary alicyclic amines) is 1. The average molecular weight is 892 g/mol. The number of cyclic esters (lactones) is 1. The number of urea groups is 1. The smallest absolute Gasteiger partial charge is 0.325 e. The van der Waals surface area contributed by atoms with Gasteiger partial charge in [0.15, 0.2) is 0 Å². The van der Waals surface area contributed by atoms with Crippen molar-refractivity contribution in [2.24, 2.45) is 17.3 Å². The number of aryl methyl sites for hydroxylation is 1. The molecule has 4 amide bonds. The molecule has 64 heavy (non-hydrogen) atoms. The fourth-order valence-corrected chi connectivity index (χ4v) is 10.6. The number of hydrogen-bond donors (Lipinski definition) is 1. The number of nitrogens with zero attached hydrogens (tertiary/aromatic N) is 8. The van der Waals surface area contributed by atoms with Crippen LogP contribution in [0.3, 0.4) is 0 Å². The lowest BCUT2D eigenvalue weighted by Gasteiger charge is -2.45. The van der Waals surface area contributed by atoms with Crippen molar-refractivity contribution in [1.82, 2.24) is 39.7 Å². The Morgan fingerprint density at radius 3 is 2.59 bits per heavy atom. The second kappa shape index (κ2) is 18.3. The Hall–Kier alpha value is -5.37. The van der Waals surface area contributed by atoms with Gasteiger partial charge in [-0.3, -0.25) is 24.4 Å². The molecule has 0 radical (unpaired) electrons. The number of ether oxygens (including phenoxy) is 2. The molecule has 3 fully saturated rings. The lowest BCUT2D eigenvalue weighted by atomic mass is 9.84. The number of carbonyl (C=O) groups excluding carboxylic acids is 4. The van der Waals surface area contributed by atoms with Gasteiger partial charge in [-0.15, -0.1) is 11.3 Å². The van der Waals surface area contributed by atoms with Crippen LogP contribution >= 0.6 is 11.3 Å². The van der Waals surface area contributed by atoms with E-state index in [9.17, 15) is 19.6 Å². The number of thiazole rings is 1. The van der Waals surface area contributed by atoms with Crippen molar-refractivity contribution in [2.75, 3.05) is 40.4 Å². The average Bonchev–Trinajstić information content (AvgIpc) is 3.93. The van der Waals surface area contributed by atoms with Crippen LogP contribution in [0.1, 0.15) is 89.6 Å². The lowest BCUT2D eigenvalue weighted by Crippen LogP contribution is -2.64. The molecule has 4 aliphatic rings. The first-order valence-corrected chi connectivity index (χ1v) is 23.6. The predicted octanol–water partition coefficient (Wildman–Crippen LogP) is 6.61. The molecule has 2 saturated heterocycles. The van der Waals surface area contributed by atoms with E-state index in [1.165, 1.54) is 16.2 Å². The summed E-state index contributed by atoms with van der Waals surface area (Å²) in [5.74, 6) is -1.67. The van der Waals surface area contributed by atoms with Crippen molar-refractivity contribution >= 4 is 46.1 Å². The third-order valence-corrected chi connectivity index (χ3v) is 14.1. The maximum absolute atomic E-state index is 15.1. The minimum Gasteiger partial charge on any atom is -0.464 e. The van der Waals surface area contributed by atoms with E-state index < -0.39 is 29.4 Å². The number of nitriles is 1. The number of nitrogens with one attached hydrogen (secondary N) is 1. The number of benzene rings is 1. The molecule has 4 aromatic rings. The zero-order valence-corrected chi connectivity index (χ0v) is 39.1. The SMILES string of the molecule is CCn1c(-c2cccnc2[C@H](C)OC)c2c3cc(ccc31)-c1csc(n1)C[C@H](NC(=O)[C@H](C(C)C)N(C)C(=O)N1CC(C#N)C1)C(=O)N1CCC[C@@H](C(=O)OCC(C)(C)C2)N1C1CC1. The summed E-state index contributed by atoms with van der Waals surface area (Å²) in [6.45, 7) is 14.0. The Balaban J connectivity index is 1.21. The first-order valence-electron chi connectivity index (χ1n) is 22.7. The van der Waals surface area contributed by atoms with Crippen molar-refractivity contribution < 1.29 is 28.7 Å². The van der Waals surface area contributed by atoms with E-state index in [0.29, 0.717) is 50.4 Å². The molecule has 6 bridgehead atoms. The summed E-state index contributed by atoms with van der Waals surface area (Å²) in [6, 6.07) is 9.70. The summed E-state index contributed by atoms with van der Waals surface area (Å²) in [5.41, 5.74) is 6.23. The second-order valence-corrected chi connectivity index (χ2v) is 19.9. The summed E-state index contributed by atoms with van der Waals surface area (Å²) in [6.07, 6.45) is 5.04. The van der Waals surface area contributed by atoms with Gasteiger partial charge in [-0.25, -0.2) is 14.8 Å². The van der Waals surface area contributed by atoms with E-state index in [2.05, 4.69) is 61.0 Å². The first kappa shape index (κ1) is 45.2. The van der Waals surface area contributed by atoms with Crippen molar-refractivity contribution in [3.63, 3.8) is 0 Å². The maximum Gasteiger partial charge on any atom is 0.325 e. The molecule has 1 N–H and O–H groups in total. The minimum absolute atomic E-state index is 0.0120. The van der Waals surface area contributed by atoms with Gasteiger partial charge in [0.25, 0.3) is 5.91 Å². The molecule has 1 saturated carbocycles. The van der Waals surface area contributed by atoms with Crippen LogP contribution in [0, 0.1) is 28.6 Å². The number of aromatic nitrogens is 3. The maximum atomic E-state index is 15.1. The Bertz CT molecular complexity index is 2460. The van der Waals surface area contributed by atoms with Crippen LogP contribution < -0.4 is 5.32 Å². The number of hydrazine groups is 1. The number of carbonyl (C=O) groups is 4. The van der Waals surface area contributed by atoms with Crippen molar-refractivity contribution in [2.45, 2.75) is 117 Å². The molecule has 3 aromatic heterocycles. The molecule has 6 heterocycles. The fourth-order valence-electron chi connectivity index (χ4n) is 9.77. The molecule has 4 atom stereocenters. The monoisotopic (exact) mass is 891 g/mol. The van der Waals surface area contributed by atoms with Gasteiger partial charge >= 0.3 is 12.0 Å². The molecular formula is C48H61N9O6S. The van der Waals surface area contributed by atoms with Crippen LogP contribution in [0.25, 0.3) is 33.4 Å². The van der Waals surface area contributed by atoms with Gasteiger partial charge in [-0.2, -0.15) is 5.26 Å². The highest BCUT2D eigenvalue weighted by Gasteiger charge is 2.48. The molecule has 16 heteroatoms. The highest BCUT2D eigenvalue weighted by Crippen LogP contribution is 2.42. The third kappa shape index (κ3) is 8.74. The van der Waals surface area contributed by atoms with Crippen molar-refractivity contribution in [3.05, 3.63) is 58.2 Å². The molecular weight excluding hydrogens is 831 g/mol. The van der Waals surface area contributed by atoms with Gasteiger partial charge in [0.1, 0.15) is 18.1 Å².